The largest absolute Gasteiger partial charge is 0.465 e. The van der Waals surface area contributed by atoms with E-state index in [-0.39, 0.29) is 5.97 Å². The molecule has 23 heavy (non-hydrogen) atoms. The van der Waals surface area contributed by atoms with Crippen molar-refractivity contribution < 1.29 is 9.53 Å². The van der Waals surface area contributed by atoms with Crippen LogP contribution in [0.3, 0.4) is 0 Å². The van der Waals surface area contributed by atoms with Crippen molar-refractivity contribution in [3.8, 4) is 0 Å². The third kappa shape index (κ3) is 6.15. The fourth-order valence-electron chi connectivity index (χ4n) is 2.32. The van der Waals surface area contributed by atoms with Crippen LogP contribution in [0.25, 0.3) is 10.2 Å². The molecule has 0 saturated carbocycles. The zero-order valence-corrected chi connectivity index (χ0v) is 15.5. The van der Waals surface area contributed by atoms with E-state index >= 15 is 0 Å². The van der Waals surface area contributed by atoms with Gasteiger partial charge in [-0.25, -0.2) is 4.98 Å². The number of hydrogen-bond donors (Lipinski definition) is 0. The number of aromatic nitrogens is 1. The predicted molar refractivity (Wildman–Crippen MR) is 99.2 cm³/mol. The summed E-state index contributed by atoms with van der Waals surface area (Å²) in [5.41, 5.74) is 1.03. The molecule has 0 saturated heterocycles. The molecule has 5 heteroatoms. The second kappa shape index (κ2) is 9.93. The van der Waals surface area contributed by atoms with Gasteiger partial charge in [-0.05, 0) is 24.5 Å². The van der Waals surface area contributed by atoms with Crippen molar-refractivity contribution in [3.63, 3.8) is 0 Å². The lowest BCUT2D eigenvalue weighted by Gasteiger charge is -2.14. The molecule has 2 rings (SSSR count). The van der Waals surface area contributed by atoms with Gasteiger partial charge >= 0.3 is 5.97 Å². The van der Waals surface area contributed by atoms with Crippen molar-refractivity contribution in [2.45, 2.75) is 50.3 Å². The topological polar surface area (TPSA) is 39.2 Å². The molecule has 0 radical (unpaired) electrons. The van der Waals surface area contributed by atoms with E-state index in [1.165, 1.54) is 17.5 Å². The van der Waals surface area contributed by atoms with E-state index in [2.05, 4.69) is 24.9 Å². The standard InChI is InChI=1S/C18H25NO2S2/c1-3-5-8-14(4-2)13-21-17(20)11-12-22-18-19-15-9-6-7-10-16(15)23-18/h6-7,9-10,14H,3-5,8,11-13H2,1-2H3. The number of ether oxygens (including phenoxy) is 1. The summed E-state index contributed by atoms with van der Waals surface area (Å²) in [5.74, 6) is 1.15. The molecule has 0 bridgehead atoms. The minimum atomic E-state index is -0.0893. The summed E-state index contributed by atoms with van der Waals surface area (Å²) in [4.78, 5) is 16.4. The lowest BCUT2D eigenvalue weighted by Crippen LogP contribution is -2.14. The van der Waals surface area contributed by atoms with Gasteiger partial charge in [-0.3, -0.25) is 4.79 Å². The SMILES string of the molecule is CCCCC(CC)COC(=O)CCSc1nc2ccccc2s1. The van der Waals surface area contributed by atoms with Gasteiger partial charge < -0.3 is 4.74 Å². The van der Waals surface area contributed by atoms with Gasteiger partial charge in [0.2, 0.25) is 0 Å². The van der Waals surface area contributed by atoms with E-state index in [9.17, 15) is 4.79 Å². The lowest BCUT2D eigenvalue weighted by atomic mass is 10.0. The Labute approximate surface area is 146 Å². The Hall–Kier alpha value is -1.07. The molecule has 1 unspecified atom stereocenters. The minimum absolute atomic E-state index is 0.0893. The molecule has 2 aromatic rings. The van der Waals surface area contributed by atoms with Gasteiger partial charge in [-0.2, -0.15) is 0 Å². The zero-order chi connectivity index (χ0) is 16.5. The van der Waals surface area contributed by atoms with E-state index in [0.29, 0.717) is 18.9 Å². The monoisotopic (exact) mass is 351 g/mol. The number of nitrogens with zero attached hydrogens (tertiary/aromatic N) is 1. The smallest absolute Gasteiger partial charge is 0.306 e. The van der Waals surface area contributed by atoms with Crippen LogP contribution in [0, 0.1) is 5.92 Å². The van der Waals surface area contributed by atoms with Gasteiger partial charge in [0, 0.05) is 5.75 Å². The number of carbonyl (C=O) groups is 1. The summed E-state index contributed by atoms with van der Waals surface area (Å²) in [5, 5.41) is 0. The van der Waals surface area contributed by atoms with Gasteiger partial charge in [-0.15, -0.1) is 11.3 Å². The van der Waals surface area contributed by atoms with Crippen molar-refractivity contribution >= 4 is 39.3 Å². The Kier molecular flexibility index (Phi) is 7.89. The van der Waals surface area contributed by atoms with Crippen LogP contribution in [0.2, 0.25) is 0 Å². The number of esters is 1. The van der Waals surface area contributed by atoms with Crippen molar-refractivity contribution in [2.75, 3.05) is 12.4 Å². The number of thiazole rings is 1. The highest BCUT2D eigenvalue weighted by atomic mass is 32.2. The van der Waals surface area contributed by atoms with Gasteiger partial charge in [0.05, 0.1) is 23.2 Å². The van der Waals surface area contributed by atoms with Crippen LogP contribution < -0.4 is 0 Å². The molecule has 126 valence electrons. The number of para-hydroxylation sites is 1. The van der Waals surface area contributed by atoms with Gasteiger partial charge in [0.15, 0.2) is 4.34 Å². The first-order chi connectivity index (χ1) is 11.2. The van der Waals surface area contributed by atoms with Crippen LogP contribution in [0.1, 0.15) is 46.0 Å². The molecule has 0 amide bonds. The number of hydrogen-bond acceptors (Lipinski definition) is 5. The molecular weight excluding hydrogens is 326 g/mol. The number of unbranched alkanes of at least 4 members (excludes halogenated alkanes) is 1. The summed E-state index contributed by atoms with van der Waals surface area (Å²) >= 11 is 3.31. The minimum Gasteiger partial charge on any atom is -0.465 e. The highest BCUT2D eigenvalue weighted by Gasteiger charge is 2.11. The summed E-state index contributed by atoms with van der Waals surface area (Å²) in [7, 11) is 0. The van der Waals surface area contributed by atoms with Crippen LogP contribution in [0.15, 0.2) is 28.6 Å². The maximum atomic E-state index is 11.8. The average molecular weight is 352 g/mol. The maximum absolute atomic E-state index is 11.8. The maximum Gasteiger partial charge on any atom is 0.306 e. The van der Waals surface area contributed by atoms with Crippen LogP contribution in [0.5, 0.6) is 0 Å². The lowest BCUT2D eigenvalue weighted by molar-refractivity contribution is -0.144. The molecule has 0 aliphatic heterocycles. The van der Waals surface area contributed by atoms with E-state index in [0.717, 1.165) is 28.5 Å². The van der Waals surface area contributed by atoms with Crippen molar-refractivity contribution in [1.29, 1.82) is 0 Å². The molecule has 1 aromatic heterocycles. The first kappa shape index (κ1) is 18.3. The highest BCUT2D eigenvalue weighted by molar-refractivity contribution is 8.01. The zero-order valence-electron chi connectivity index (χ0n) is 13.9. The normalized spacial score (nSPS) is 12.4. The van der Waals surface area contributed by atoms with Crippen molar-refractivity contribution in [2.24, 2.45) is 5.92 Å². The second-order valence-electron chi connectivity index (χ2n) is 5.65. The summed E-state index contributed by atoms with van der Waals surface area (Å²) in [6.07, 6.45) is 5.09. The first-order valence-corrected chi connectivity index (χ1v) is 10.2. The Morgan fingerprint density at radius 1 is 1.35 bits per heavy atom. The molecule has 1 aromatic carbocycles. The predicted octanol–water partition coefficient (Wildman–Crippen LogP) is 5.54. The Morgan fingerprint density at radius 2 is 2.17 bits per heavy atom. The van der Waals surface area contributed by atoms with Crippen LogP contribution >= 0.6 is 23.1 Å². The molecule has 1 heterocycles. The van der Waals surface area contributed by atoms with Crippen molar-refractivity contribution in [3.05, 3.63) is 24.3 Å². The first-order valence-electron chi connectivity index (χ1n) is 8.37. The van der Waals surface area contributed by atoms with Crippen molar-refractivity contribution in [1.82, 2.24) is 4.98 Å². The summed E-state index contributed by atoms with van der Waals surface area (Å²) in [6, 6.07) is 8.11. The Balaban J connectivity index is 1.68. The molecule has 0 fully saturated rings. The average Bonchev–Trinajstić information content (AvgIpc) is 2.97. The molecule has 0 spiro atoms. The molecular formula is C18H25NO2S2. The number of thioether (sulfide) groups is 1. The molecule has 3 nitrogen and oxygen atoms in total. The summed E-state index contributed by atoms with van der Waals surface area (Å²) < 4.78 is 7.64. The van der Waals surface area contributed by atoms with E-state index in [4.69, 9.17) is 4.74 Å². The van der Waals surface area contributed by atoms with Crippen LogP contribution in [-0.4, -0.2) is 23.3 Å². The molecule has 1 atom stereocenters. The fourth-order valence-corrected chi connectivity index (χ4v) is 4.37. The van der Waals surface area contributed by atoms with E-state index in [1.807, 2.05) is 18.2 Å². The number of rotatable bonds is 10. The van der Waals surface area contributed by atoms with E-state index < -0.39 is 0 Å². The van der Waals surface area contributed by atoms with Crippen LogP contribution in [0.4, 0.5) is 0 Å². The molecule has 0 N–H and O–H groups in total. The van der Waals surface area contributed by atoms with Gasteiger partial charge in [-0.1, -0.05) is 57.0 Å². The Bertz CT molecular complexity index is 579. The second-order valence-corrected chi connectivity index (χ2v) is 8.02. The fraction of sp³-hybridized carbons (Fsp3) is 0.556. The van der Waals surface area contributed by atoms with Gasteiger partial charge in [0.25, 0.3) is 0 Å². The molecule has 0 aliphatic rings. The highest BCUT2D eigenvalue weighted by Crippen LogP contribution is 2.29. The number of benzene rings is 1. The van der Waals surface area contributed by atoms with Gasteiger partial charge in [0.1, 0.15) is 0 Å². The van der Waals surface area contributed by atoms with Crippen LogP contribution in [-0.2, 0) is 9.53 Å². The molecule has 0 aliphatic carbocycles. The van der Waals surface area contributed by atoms with E-state index in [1.54, 1.807) is 23.1 Å². The quantitative estimate of drug-likeness (QED) is 0.416. The number of carbonyl (C=O) groups excluding carboxylic acids is 1. The Morgan fingerprint density at radius 3 is 2.91 bits per heavy atom. The third-order valence-corrected chi connectivity index (χ3v) is 6.01. The summed E-state index contributed by atoms with van der Waals surface area (Å²) in [6.45, 7) is 4.93. The number of fused-ring (bicyclic) bond motifs is 1. The third-order valence-electron chi connectivity index (χ3n) is 3.83.